The van der Waals surface area contributed by atoms with Gasteiger partial charge in [-0.1, -0.05) is 120 Å². The second kappa shape index (κ2) is 15.4. The normalized spacial score (nSPS) is 12.0. The molecule has 0 aromatic carbocycles. The van der Waals surface area contributed by atoms with Gasteiger partial charge in [0.25, 0.3) is 0 Å². The molecule has 0 spiro atoms. The van der Waals surface area contributed by atoms with Crippen LogP contribution in [-0.4, -0.2) is 9.63 Å². The van der Waals surface area contributed by atoms with E-state index in [2.05, 4.69) is 6.92 Å². The van der Waals surface area contributed by atoms with Crippen LogP contribution in [-0.2, 0) is 0 Å². The van der Waals surface area contributed by atoms with E-state index in [4.69, 9.17) is 28.3 Å². The highest BCUT2D eigenvalue weighted by Crippen LogP contribution is 2.24. The van der Waals surface area contributed by atoms with Gasteiger partial charge in [-0.3, -0.25) is 0 Å². The van der Waals surface area contributed by atoms with E-state index < -0.39 is 4.52 Å². The minimum atomic E-state index is -1.52. The third-order valence-electron chi connectivity index (χ3n) is 4.08. The molecule has 0 atom stereocenters. The van der Waals surface area contributed by atoms with Crippen molar-refractivity contribution in [3.8, 4) is 0 Å². The minimum Gasteiger partial charge on any atom is -0.363 e. The third kappa shape index (κ3) is 20.5. The van der Waals surface area contributed by atoms with Crippen molar-refractivity contribution in [3.63, 3.8) is 0 Å². The van der Waals surface area contributed by atoms with Gasteiger partial charge in [0, 0.05) is 6.42 Å². The Hall–Kier alpha value is 0.540. The van der Waals surface area contributed by atoms with Gasteiger partial charge in [-0.15, -0.1) is 0 Å². The first-order chi connectivity index (χ1) is 10.1. The fourth-order valence-electron chi connectivity index (χ4n) is 2.71. The monoisotopic (exact) mass is 338 g/mol. The molecule has 0 fully saturated rings. The summed E-state index contributed by atoms with van der Waals surface area (Å²) in [4.78, 5) is 0. The summed E-state index contributed by atoms with van der Waals surface area (Å²) in [6, 6.07) is 0. The summed E-state index contributed by atoms with van der Waals surface area (Å²) in [7, 11) is 0. The summed E-state index contributed by atoms with van der Waals surface area (Å²) in [5.41, 5.74) is 0. The van der Waals surface area contributed by atoms with Crippen molar-refractivity contribution < 1.29 is 5.11 Å². The standard InChI is InChI=1S/C18H36Cl2O/c1-2-3-4-5-6-7-8-9-10-11-12-13-14-15-16-17-18(19,20)21/h21H,2-17H2,1H3. The van der Waals surface area contributed by atoms with Gasteiger partial charge in [0.05, 0.1) is 0 Å². The van der Waals surface area contributed by atoms with Crippen molar-refractivity contribution in [1.82, 2.24) is 0 Å². The lowest BCUT2D eigenvalue weighted by Gasteiger charge is -2.10. The predicted molar refractivity (Wildman–Crippen MR) is 96.2 cm³/mol. The Morgan fingerprint density at radius 2 is 0.857 bits per heavy atom. The molecule has 3 heteroatoms. The summed E-state index contributed by atoms with van der Waals surface area (Å²) >= 11 is 11.0. The van der Waals surface area contributed by atoms with Gasteiger partial charge in [-0.05, 0) is 6.42 Å². The van der Waals surface area contributed by atoms with Crippen molar-refractivity contribution in [2.45, 2.75) is 114 Å². The second-order valence-corrected chi connectivity index (χ2v) is 7.81. The van der Waals surface area contributed by atoms with Gasteiger partial charge in [-0.2, -0.15) is 0 Å². The third-order valence-corrected chi connectivity index (χ3v) is 4.46. The first kappa shape index (κ1) is 21.5. The van der Waals surface area contributed by atoms with Gasteiger partial charge < -0.3 is 5.11 Å². The average Bonchev–Trinajstić information content (AvgIpc) is 2.42. The molecule has 1 nitrogen and oxygen atoms in total. The lowest BCUT2D eigenvalue weighted by Crippen LogP contribution is -2.09. The second-order valence-electron chi connectivity index (χ2n) is 6.37. The van der Waals surface area contributed by atoms with Gasteiger partial charge in [0.1, 0.15) is 0 Å². The fourth-order valence-corrected chi connectivity index (χ4v) is 2.98. The van der Waals surface area contributed by atoms with Crippen LogP contribution < -0.4 is 0 Å². The molecular weight excluding hydrogens is 303 g/mol. The van der Waals surface area contributed by atoms with Crippen LogP contribution in [0.3, 0.4) is 0 Å². The first-order valence-electron chi connectivity index (χ1n) is 9.16. The molecule has 0 saturated carbocycles. The van der Waals surface area contributed by atoms with Gasteiger partial charge >= 0.3 is 0 Å². The Kier molecular flexibility index (Phi) is 15.8. The van der Waals surface area contributed by atoms with E-state index in [1.54, 1.807) is 0 Å². The molecule has 0 radical (unpaired) electrons. The largest absolute Gasteiger partial charge is 0.363 e. The number of rotatable bonds is 16. The van der Waals surface area contributed by atoms with Crippen LogP contribution in [0.2, 0.25) is 0 Å². The number of hydrogen-bond acceptors (Lipinski definition) is 1. The fraction of sp³-hybridized carbons (Fsp3) is 1.00. The lowest BCUT2D eigenvalue weighted by molar-refractivity contribution is 0.199. The molecule has 0 bridgehead atoms. The zero-order valence-electron chi connectivity index (χ0n) is 14.0. The highest BCUT2D eigenvalue weighted by Gasteiger charge is 2.17. The Balaban J connectivity index is 3.00. The molecule has 128 valence electrons. The summed E-state index contributed by atoms with van der Waals surface area (Å²) in [5.74, 6) is 0. The summed E-state index contributed by atoms with van der Waals surface area (Å²) in [6.07, 6.45) is 20.5. The molecule has 0 aliphatic rings. The van der Waals surface area contributed by atoms with Crippen LogP contribution in [0.15, 0.2) is 0 Å². The zero-order valence-corrected chi connectivity index (χ0v) is 15.5. The van der Waals surface area contributed by atoms with Crippen molar-refractivity contribution in [2.75, 3.05) is 0 Å². The average molecular weight is 339 g/mol. The van der Waals surface area contributed by atoms with Crippen molar-refractivity contribution in [2.24, 2.45) is 0 Å². The van der Waals surface area contributed by atoms with Crippen LogP contribution in [0.5, 0.6) is 0 Å². The number of halogens is 2. The van der Waals surface area contributed by atoms with Crippen LogP contribution in [0.25, 0.3) is 0 Å². The predicted octanol–water partition coefficient (Wildman–Crippen LogP) is 7.37. The molecular formula is C18H36Cl2O. The van der Waals surface area contributed by atoms with Crippen molar-refractivity contribution in [1.29, 1.82) is 0 Å². The van der Waals surface area contributed by atoms with Crippen LogP contribution >= 0.6 is 23.2 Å². The topological polar surface area (TPSA) is 20.2 Å². The quantitative estimate of drug-likeness (QED) is 0.230. The molecule has 0 aliphatic heterocycles. The summed E-state index contributed by atoms with van der Waals surface area (Å²) in [6.45, 7) is 2.27. The van der Waals surface area contributed by atoms with E-state index in [1.807, 2.05) is 0 Å². The molecule has 0 aromatic heterocycles. The Morgan fingerprint density at radius 1 is 0.571 bits per heavy atom. The molecule has 21 heavy (non-hydrogen) atoms. The highest BCUT2D eigenvalue weighted by atomic mass is 35.5. The molecule has 0 aromatic rings. The summed E-state index contributed by atoms with van der Waals surface area (Å²) < 4.78 is -1.52. The molecule has 0 unspecified atom stereocenters. The number of unbranched alkanes of at least 4 members (excludes halogenated alkanes) is 14. The minimum absolute atomic E-state index is 0.481. The van der Waals surface area contributed by atoms with Gasteiger partial charge in [0.15, 0.2) is 0 Å². The lowest BCUT2D eigenvalue weighted by atomic mass is 10.0. The molecule has 0 saturated heterocycles. The van der Waals surface area contributed by atoms with E-state index in [9.17, 15) is 0 Å². The molecule has 0 heterocycles. The number of aliphatic hydroxyl groups is 1. The van der Waals surface area contributed by atoms with Crippen LogP contribution in [0.4, 0.5) is 0 Å². The Labute approximate surface area is 142 Å². The van der Waals surface area contributed by atoms with Crippen molar-refractivity contribution in [3.05, 3.63) is 0 Å². The maximum Gasteiger partial charge on any atom is 0.214 e. The first-order valence-corrected chi connectivity index (χ1v) is 9.92. The van der Waals surface area contributed by atoms with Crippen LogP contribution in [0, 0.1) is 0 Å². The Morgan fingerprint density at radius 3 is 1.14 bits per heavy atom. The molecule has 1 N–H and O–H groups in total. The number of hydrogen-bond donors (Lipinski definition) is 1. The maximum atomic E-state index is 9.15. The van der Waals surface area contributed by atoms with Crippen LogP contribution in [0.1, 0.15) is 110 Å². The van der Waals surface area contributed by atoms with E-state index >= 15 is 0 Å². The van der Waals surface area contributed by atoms with E-state index in [-0.39, 0.29) is 0 Å². The molecule has 0 aliphatic carbocycles. The van der Waals surface area contributed by atoms with Gasteiger partial charge in [-0.25, -0.2) is 0 Å². The zero-order chi connectivity index (χ0) is 15.8. The van der Waals surface area contributed by atoms with E-state index in [0.29, 0.717) is 6.42 Å². The molecule has 0 rings (SSSR count). The van der Waals surface area contributed by atoms with Crippen molar-refractivity contribution >= 4 is 23.2 Å². The number of alkyl halides is 2. The SMILES string of the molecule is CCCCCCCCCCCCCCCCCC(O)(Cl)Cl. The van der Waals surface area contributed by atoms with E-state index in [1.165, 1.54) is 83.5 Å². The smallest absolute Gasteiger partial charge is 0.214 e. The maximum absolute atomic E-state index is 9.15. The summed E-state index contributed by atoms with van der Waals surface area (Å²) in [5, 5.41) is 9.15. The van der Waals surface area contributed by atoms with E-state index in [0.717, 1.165) is 12.8 Å². The highest BCUT2D eigenvalue weighted by molar-refractivity contribution is 6.46. The Bertz CT molecular complexity index is 202. The van der Waals surface area contributed by atoms with Gasteiger partial charge in [0.2, 0.25) is 4.52 Å². The molecule has 0 amide bonds.